The van der Waals surface area contributed by atoms with Crippen LogP contribution in [0.4, 0.5) is 0 Å². The van der Waals surface area contributed by atoms with E-state index in [-0.39, 0.29) is 0 Å². The summed E-state index contributed by atoms with van der Waals surface area (Å²) in [4.78, 5) is 10.7. The monoisotopic (exact) mass is 355 g/mol. The van der Waals surface area contributed by atoms with Crippen LogP contribution in [-0.4, -0.2) is 61.9 Å². The number of likely N-dealkylation sites (N-methyl/N-ethyl adjacent to an activating group) is 1. The van der Waals surface area contributed by atoms with Crippen LogP contribution in [0, 0.1) is 5.92 Å². The maximum Gasteiger partial charge on any atom is 0.120 e. The number of nitrogens with zero attached hydrogens (tertiary/aromatic N) is 3. The quantitative estimate of drug-likeness (QED) is 0.725. The van der Waals surface area contributed by atoms with E-state index in [1.807, 2.05) is 0 Å². The predicted molar refractivity (Wildman–Crippen MR) is 109 cm³/mol. The van der Waals surface area contributed by atoms with E-state index >= 15 is 0 Å². The molecule has 0 aromatic heterocycles. The summed E-state index contributed by atoms with van der Waals surface area (Å²) in [7, 11) is 2.20. The number of hydrogen-bond acceptors (Lipinski definition) is 4. The minimum Gasteiger partial charge on any atom is -0.395 e. The fourth-order valence-electron chi connectivity index (χ4n) is 3.69. The van der Waals surface area contributed by atoms with Gasteiger partial charge in [0.25, 0.3) is 0 Å². The van der Waals surface area contributed by atoms with Crippen molar-refractivity contribution in [2.45, 2.75) is 32.6 Å². The summed E-state index contributed by atoms with van der Waals surface area (Å²) in [5, 5.41) is 4.53. The van der Waals surface area contributed by atoms with Crippen LogP contribution in [0.2, 0.25) is 0 Å². The summed E-state index contributed by atoms with van der Waals surface area (Å²) in [6.45, 7) is 8.74. The lowest BCUT2D eigenvalue weighted by Gasteiger charge is -2.33. The molecule has 1 heterocycles. The number of rotatable bonds is 6. The zero-order chi connectivity index (χ0) is 18.2. The Morgan fingerprint density at radius 2 is 1.81 bits per heavy atom. The SMILES string of the molecule is CC(CON=C1CCCCC1=Cc1ccccc1)CN1CCN(C)CC1. The highest BCUT2D eigenvalue weighted by atomic mass is 16.6. The van der Waals surface area contributed by atoms with E-state index in [1.165, 1.54) is 50.2 Å². The Hall–Kier alpha value is -1.65. The molecule has 1 aromatic rings. The number of oxime groups is 1. The van der Waals surface area contributed by atoms with Crippen molar-refractivity contribution in [1.29, 1.82) is 0 Å². The molecule has 3 rings (SSSR count). The minimum atomic E-state index is 0.507. The second-order valence-corrected chi connectivity index (χ2v) is 7.83. The molecule has 26 heavy (non-hydrogen) atoms. The highest BCUT2D eigenvalue weighted by molar-refractivity contribution is 6.03. The lowest BCUT2D eigenvalue weighted by atomic mass is 9.91. The molecule has 1 aliphatic heterocycles. The third kappa shape index (κ3) is 5.96. The largest absolute Gasteiger partial charge is 0.395 e. The summed E-state index contributed by atoms with van der Waals surface area (Å²) in [5.41, 5.74) is 3.74. The molecule has 1 unspecified atom stereocenters. The van der Waals surface area contributed by atoms with Gasteiger partial charge < -0.3 is 14.6 Å². The fourth-order valence-corrected chi connectivity index (χ4v) is 3.69. The van der Waals surface area contributed by atoms with Gasteiger partial charge >= 0.3 is 0 Å². The third-order valence-electron chi connectivity index (χ3n) is 5.32. The number of hydrogen-bond donors (Lipinski definition) is 0. The molecule has 1 atom stereocenters. The number of benzene rings is 1. The molecular formula is C22H33N3O. The third-order valence-corrected chi connectivity index (χ3v) is 5.32. The Morgan fingerprint density at radius 3 is 2.58 bits per heavy atom. The Balaban J connectivity index is 1.50. The second kappa shape index (κ2) is 9.89. The van der Waals surface area contributed by atoms with Crippen LogP contribution in [0.5, 0.6) is 0 Å². The molecule has 142 valence electrons. The van der Waals surface area contributed by atoms with E-state index in [0.717, 1.165) is 25.1 Å². The maximum absolute atomic E-state index is 5.78. The van der Waals surface area contributed by atoms with Gasteiger partial charge in [0.15, 0.2) is 0 Å². The molecular weight excluding hydrogens is 322 g/mol. The first-order valence-electron chi connectivity index (χ1n) is 10.1. The van der Waals surface area contributed by atoms with Gasteiger partial charge in [-0.3, -0.25) is 0 Å². The van der Waals surface area contributed by atoms with Crippen molar-refractivity contribution in [3.05, 3.63) is 41.5 Å². The predicted octanol–water partition coefficient (Wildman–Crippen LogP) is 3.90. The smallest absolute Gasteiger partial charge is 0.120 e. The van der Waals surface area contributed by atoms with Gasteiger partial charge in [0.05, 0.1) is 5.71 Å². The standard InChI is InChI=1S/C22H33N3O/c1-19(17-25-14-12-24(2)13-15-25)18-26-23-22-11-7-6-10-21(22)16-20-8-4-3-5-9-20/h3-5,8-9,16,19H,6-7,10-15,17-18H2,1-2H3. The summed E-state index contributed by atoms with van der Waals surface area (Å²) >= 11 is 0. The van der Waals surface area contributed by atoms with Crippen molar-refractivity contribution in [2.75, 3.05) is 46.4 Å². The molecule has 1 aromatic carbocycles. The van der Waals surface area contributed by atoms with Gasteiger partial charge in [-0.25, -0.2) is 0 Å². The van der Waals surface area contributed by atoms with Gasteiger partial charge in [0.1, 0.15) is 6.61 Å². The summed E-state index contributed by atoms with van der Waals surface area (Å²) in [6.07, 6.45) is 6.87. The summed E-state index contributed by atoms with van der Waals surface area (Å²) < 4.78 is 0. The number of allylic oxidation sites excluding steroid dienone is 1. The highest BCUT2D eigenvalue weighted by Crippen LogP contribution is 2.23. The first-order valence-corrected chi connectivity index (χ1v) is 10.1. The van der Waals surface area contributed by atoms with E-state index in [2.05, 4.69) is 65.3 Å². The molecule has 0 bridgehead atoms. The van der Waals surface area contributed by atoms with Crippen molar-refractivity contribution < 1.29 is 4.84 Å². The molecule has 2 aliphatic rings. The van der Waals surface area contributed by atoms with E-state index in [0.29, 0.717) is 12.5 Å². The second-order valence-electron chi connectivity index (χ2n) is 7.83. The van der Waals surface area contributed by atoms with Gasteiger partial charge in [-0.2, -0.15) is 0 Å². The van der Waals surface area contributed by atoms with Crippen molar-refractivity contribution in [2.24, 2.45) is 11.1 Å². The van der Waals surface area contributed by atoms with Crippen LogP contribution < -0.4 is 0 Å². The first kappa shape index (κ1) is 19.1. The normalized spacial score (nSPS) is 24.1. The Kier molecular flexibility index (Phi) is 7.27. The molecule has 4 nitrogen and oxygen atoms in total. The molecule has 1 aliphatic carbocycles. The summed E-state index contributed by atoms with van der Waals surface area (Å²) in [5.74, 6) is 0.507. The van der Waals surface area contributed by atoms with Crippen molar-refractivity contribution in [1.82, 2.24) is 9.80 Å². The minimum absolute atomic E-state index is 0.507. The average molecular weight is 356 g/mol. The van der Waals surface area contributed by atoms with Crippen molar-refractivity contribution in [3.8, 4) is 0 Å². The van der Waals surface area contributed by atoms with E-state index in [9.17, 15) is 0 Å². The Morgan fingerprint density at radius 1 is 1.08 bits per heavy atom. The molecule has 1 saturated heterocycles. The van der Waals surface area contributed by atoms with Gasteiger partial charge in [-0.1, -0.05) is 42.4 Å². The Bertz CT molecular complexity index is 603. The molecule has 4 heteroatoms. The molecule has 0 radical (unpaired) electrons. The highest BCUT2D eigenvalue weighted by Gasteiger charge is 2.17. The van der Waals surface area contributed by atoms with Gasteiger partial charge in [0.2, 0.25) is 0 Å². The van der Waals surface area contributed by atoms with Gasteiger partial charge in [-0.05, 0) is 49.9 Å². The van der Waals surface area contributed by atoms with Crippen LogP contribution in [0.3, 0.4) is 0 Å². The Labute approximate surface area is 158 Å². The van der Waals surface area contributed by atoms with Crippen LogP contribution in [0.1, 0.15) is 38.2 Å². The molecule has 1 saturated carbocycles. The lowest BCUT2D eigenvalue weighted by molar-refractivity contribution is 0.0780. The number of piperazine rings is 1. The lowest BCUT2D eigenvalue weighted by Crippen LogP contribution is -2.46. The zero-order valence-corrected chi connectivity index (χ0v) is 16.4. The van der Waals surface area contributed by atoms with Crippen molar-refractivity contribution in [3.63, 3.8) is 0 Å². The fraction of sp³-hybridized carbons (Fsp3) is 0.591. The van der Waals surface area contributed by atoms with Gasteiger partial charge in [0, 0.05) is 38.6 Å². The van der Waals surface area contributed by atoms with E-state index in [1.54, 1.807) is 0 Å². The maximum atomic E-state index is 5.78. The zero-order valence-electron chi connectivity index (χ0n) is 16.4. The topological polar surface area (TPSA) is 28.1 Å². The van der Waals surface area contributed by atoms with Crippen LogP contribution in [-0.2, 0) is 4.84 Å². The van der Waals surface area contributed by atoms with Crippen LogP contribution in [0.25, 0.3) is 6.08 Å². The molecule has 2 fully saturated rings. The first-order chi connectivity index (χ1) is 12.7. The van der Waals surface area contributed by atoms with Crippen LogP contribution >= 0.6 is 0 Å². The summed E-state index contributed by atoms with van der Waals surface area (Å²) in [6, 6.07) is 10.5. The average Bonchev–Trinajstić information content (AvgIpc) is 2.66. The molecule has 0 N–H and O–H groups in total. The molecule has 0 spiro atoms. The molecule has 0 amide bonds. The van der Waals surface area contributed by atoms with Crippen molar-refractivity contribution >= 4 is 11.8 Å². The van der Waals surface area contributed by atoms with Crippen LogP contribution in [0.15, 0.2) is 41.1 Å². The van der Waals surface area contributed by atoms with Gasteiger partial charge in [-0.15, -0.1) is 0 Å². The van der Waals surface area contributed by atoms with E-state index < -0.39 is 0 Å². The van der Waals surface area contributed by atoms with E-state index in [4.69, 9.17) is 4.84 Å².